The van der Waals surface area contributed by atoms with Crippen molar-refractivity contribution in [3.8, 4) is 0 Å². The molecule has 0 aromatic heterocycles. The first-order valence-corrected chi connectivity index (χ1v) is 16.1. The van der Waals surface area contributed by atoms with Gasteiger partial charge in [0, 0.05) is 37.5 Å². The van der Waals surface area contributed by atoms with E-state index >= 15 is 0 Å². The number of likely N-dealkylation sites (tertiary alicyclic amines) is 1. The minimum atomic E-state index is -1.14. The van der Waals surface area contributed by atoms with E-state index in [4.69, 9.17) is 4.74 Å². The van der Waals surface area contributed by atoms with E-state index in [9.17, 15) is 19.5 Å². The lowest BCUT2D eigenvalue weighted by Gasteiger charge is -2.45. The van der Waals surface area contributed by atoms with Crippen LogP contribution in [-0.4, -0.2) is 81.7 Å². The van der Waals surface area contributed by atoms with Crippen molar-refractivity contribution >= 4 is 23.4 Å². The van der Waals surface area contributed by atoms with E-state index in [1.807, 2.05) is 42.2 Å². The maximum Gasteiger partial charge on any atom is 0.249 e. The van der Waals surface area contributed by atoms with Gasteiger partial charge in [-0.1, -0.05) is 58.0 Å². The van der Waals surface area contributed by atoms with Gasteiger partial charge >= 0.3 is 0 Å². The van der Waals surface area contributed by atoms with Crippen molar-refractivity contribution < 1.29 is 24.2 Å². The summed E-state index contributed by atoms with van der Waals surface area (Å²) in [6.07, 6.45) is 5.72. The largest absolute Gasteiger partial charge is 0.396 e. The first kappa shape index (κ1) is 33.9. The number of anilines is 1. The number of aliphatic hydroxyl groups is 1. The topological polar surface area (TPSA) is 90.4 Å². The monoisotopic (exact) mass is 607 g/mol. The molecule has 44 heavy (non-hydrogen) atoms. The van der Waals surface area contributed by atoms with E-state index in [1.165, 1.54) is 0 Å². The molecule has 0 radical (unpaired) electrons. The van der Waals surface area contributed by atoms with Crippen molar-refractivity contribution in [1.29, 1.82) is 0 Å². The Morgan fingerprint density at radius 1 is 1.07 bits per heavy atom. The Labute approximate surface area is 264 Å². The van der Waals surface area contributed by atoms with Crippen LogP contribution >= 0.6 is 0 Å². The molecule has 6 atom stereocenters. The molecule has 1 aromatic carbocycles. The van der Waals surface area contributed by atoms with Crippen LogP contribution in [0.4, 0.5) is 5.69 Å². The van der Waals surface area contributed by atoms with Gasteiger partial charge in [-0.15, -0.1) is 13.2 Å². The van der Waals surface area contributed by atoms with Gasteiger partial charge in [-0.3, -0.25) is 14.4 Å². The number of fused-ring (bicyclic) bond motifs is 1. The number of carbonyl (C=O) groups excluding carboxylic acids is 3. The smallest absolute Gasteiger partial charge is 0.249 e. The molecule has 1 N–H and O–H groups in total. The van der Waals surface area contributed by atoms with Crippen LogP contribution in [0.15, 0.2) is 55.6 Å². The van der Waals surface area contributed by atoms with Gasteiger partial charge in [0.05, 0.1) is 17.4 Å². The van der Waals surface area contributed by atoms with Gasteiger partial charge in [-0.05, 0) is 69.9 Å². The van der Waals surface area contributed by atoms with Crippen LogP contribution < -0.4 is 4.90 Å². The van der Waals surface area contributed by atoms with E-state index in [0.29, 0.717) is 32.4 Å². The molecule has 8 nitrogen and oxygen atoms in total. The van der Waals surface area contributed by atoms with Crippen LogP contribution in [0.3, 0.4) is 0 Å². The second-order valence-electron chi connectivity index (χ2n) is 15.0. The number of nitrogens with zero attached hydrogens (tertiary/aromatic N) is 3. The highest BCUT2D eigenvalue weighted by Gasteiger charge is 2.80. The number of hydrogen-bond donors (Lipinski definition) is 1. The van der Waals surface area contributed by atoms with Crippen LogP contribution in [0.25, 0.3) is 0 Å². The summed E-state index contributed by atoms with van der Waals surface area (Å²) in [5.41, 5.74) is -1.93. The summed E-state index contributed by atoms with van der Waals surface area (Å²) in [6.45, 7) is 23.4. The fourth-order valence-corrected chi connectivity index (χ4v) is 8.56. The molecule has 0 aliphatic carbocycles. The molecule has 242 valence electrons. The zero-order valence-corrected chi connectivity index (χ0v) is 27.8. The van der Waals surface area contributed by atoms with Gasteiger partial charge in [-0.25, -0.2) is 0 Å². The molecule has 3 fully saturated rings. The van der Waals surface area contributed by atoms with Gasteiger partial charge in [0.1, 0.15) is 11.6 Å². The van der Waals surface area contributed by atoms with E-state index in [0.717, 1.165) is 12.1 Å². The van der Waals surface area contributed by atoms with Crippen molar-refractivity contribution in [2.75, 3.05) is 31.1 Å². The molecule has 3 saturated heterocycles. The van der Waals surface area contributed by atoms with Crippen molar-refractivity contribution in [3.05, 3.63) is 55.6 Å². The number of hydrogen-bond acceptors (Lipinski definition) is 5. The molecule has 1 spiro atoms. The quantitative estimate of drug-likeness (QED) is 0.245. The molecule has 1 aromatic rings. The SMILES string of the molecule is C=CCN(C(=O)[C@H]1[C@H]2C(=O)N(CCCCO)C(C(=O)N(CC=C)C(C)(C)CC(C)(C)C)C23CC(C)[C@]1(C)O3)c1ccccc1. The van der Waals surface area contributed by atoms with Crippen molar-refractivity contribution in [1.82, 2.24) is 9.80 Å². The third-order valence-corrected chi connectivity index (χ3v) is 10.0. The van der Waals surface area contributed by atoms with Crippen LogP contribution in [0, 0.1) is 23.2 Å². The predicted octanol–water partition coefficient (Wildman–Crippen LogP) is 5.22. The molecule has 3 aliphatic heterocycles. The minimum Gasteiger partial charge on any atom is -0.396 e. The van der Waals surface area contributed by atoms with E-state index in [1.54, 1.807) is 22.0 Å². The molecule has 3 aliphatic rings. The predicted molar refractivity (Wildman–Crippen MR) is 174 cm³/mol. The Morgan fingerprint density at radius 3 is 2.27 bits per heavy atom. The normalized spacial score (nSPS) is 29.5. The van der Waals surface area contributed by atoms with E-state index in [-0.39, 0.29) is 42.2 Å². The lowest BCUT2D eigenvalue weighted by atomic mass is 9.62. The van der Waals surface area contributed by atoms with Crippen molar-refractivity contribution in [2.45, 2.75) is 96.9 Å². The van der Waals surface area contributed by atoms with Gasteiger partial charge in [0.2, 0.25) is 17.7 Å². The molecule has 3 amide bonds. The van der Waals surface area contributed by atoms with Gasteiger partial charge in [0.25, 0.3) is 0 Å². The van der Waals surface area contributed by atoms with Crippen LogP contribution in [0.1, 0.15) is 74.1 Å². The second-order valence-corrected chi connectivity index (χ2v) is 15.0. The highest BCUT2D eigenvalue weighted by atomic mass is 16.5. The number of rotatable bonds is 13. The molecule has 4 rings (SSSR count). The lowest BCUT2D eigenvalue weighted by molar-refractivity contribution is -0.156. The Morgan fingerprint density at radius 2 is 1.70 bits per heavy atom. The minimum absolute atomic E-state index is 0.00325. The molecule has 3 heterocycles. The molecular weight excluding hydrogens is 554 g/mol. The van der Waals surface area contributed by atoms with Gasteiger partial charge < -0.3 is 24.5 Å². The summed E-state index contributed by atoms with van der Waals surface area (Å²) in [7, 11) is 0. The lowest BCUT2D eigenvalue weighted by Crippen LogP contribution is -2.61. The van der Waals surface area contributed by atoms with Gasteiger partial charge in [0.15, 0.2) is 0 Å². The van der Waals surface area contributed by atoms with Crippen LogP contribution in [0.2, 0.25) is 0 Å². The summed E-state index contributed by atoms with van der Waals surface area (Å²) in [4.78, 5) is 49.4. The Bertz CT molecular complexity index is 1260. The number of ether oxygens (including phenoxy) is 1. The molecule has 0 saturated carbocycles. The third kappa shape index (κ3) is 5.76. The summed E-state index contributed by atoms with van der Waals surface area (Å²) in [5, 5.41) is 9.55. The highest BCUT2D eigenvalue weighted by molar-refractivity contribution is 6.03. The number of amides is 3. The Hall–Kier alpha value is -2.97. The first-order valence-electron chi connectivity index (χ1n) is 16.1. The number of benzene rings is 1. The zero-order valence-electron chi connectivity index (χ0n) is 27.8. The van der Waals surface area contributed by atoms with E-state index in [2.05, 4.69) is 54.7 Å². The number of aliphatic hydroxyl groups excluding tert-OH is 1. The van der Waals surface area contributed by atoms with Crippen molar-refractivity contribution in [3.63, 3.8) is 0 Å². The van der Waals surface area contributed by atoms with E-state index < -0.39 is 34.6 Å². The average molecular weight is 608 g/mol. The fraction of sp³-hybridized carbons (Fsp3) is 0.639. The molecule has 3 unspecified atom stereocenters. The number of unbranched alkanes of at least 4 members (excludes halogenated alkanes) is 1. The summed E-state index contributed by atoms with van der Waals surface area (Å²) in [5.74, 6) is -2.21. The first-order chi connectivity index (χ1) is 20.6. The molecule has 2 bridgehead atoms. The third-order valence-electron chi connectivity index (χ3n) is 10.0. The highest BCUT2D eigenvalue weighted by Crippen LogP contribution is 2.65. The summed E-state index contributed by atoms with van der Waals surface area (Å²) < 4.78 is 7.01. The standard InChI is InChI=1S/C36H53N3O5/c1-10-19-37(26-17-13-12-14-18-26)30(41)27-28-31(42)38(21-15-16-22-40)29(36(28)23-25(3)35(27,9)44-36)32(43)39(20-11-2)34(7,8)24-33(4,5)6/h10-14,17-18,25,27-29,40H,1-2,15-16,19-24H2,3-9H3/t25?,27-,28+,29?,35+,36?/m1/s1. The van der Waals surface area contributed by atoms with Crippen LogP contribution in [0.5, 0.6) is 0 Å². The van der Waals surface area contributed by atoms with Gasteiger partial charge in [-0.2, -0.15) is 0 Å². The Kier molecular flexibility index (Phi) is 9.58. The van der Waals surface area contributed by atoms with Crippen molar-refractivity contribution in [2.24, 2.45) is 23.2 Å². The average Bonchev–Trinajstić information content (AvgIpc) is 3.45. The number of carbonyl (C=O) groups is 3. The summed E-state index contributed by atoms with van der Waals surface area (Å²) in [6, 6.07) is 8.54. The fourth-order valence-electron chi connectivity index (χ4n) is 8.56. The van der Waals surface area contributed by atoms with Crippen LogP contribution in [-0.2, 0) is 19.1 Å². The second kappa shape index (κ2) is 12.4. The molecular formula is C36H53N3O5. The maximum atomic E-state index is 15.0. The maximum absolute atomic E-state index is 15.0. The Balaban J connectivity index is 1.84. The molecule has 8 heteroatoms. The number of para-hydroxylation sites is 1. The zero-order chi connectivity index (χ0) is 32.7. The summed E-state index contributed by atoms with van der Waals surface area (Å²) >= 11 is 0.